The molecule has 2 N–H and O–H groups in total. The second kappa shape index (κ2) is 5.99. The average molecular weight is 275 g/mol. The molecule has 0 bridgehead atoms. The Morgan fingerprint density at radius 3 is 2.53 bits per heavy atom. The van der Waals surface area contributed by atoms with E-state index in [1.807, 2.05) is 50.2 Å². The summed E-state index contributed by atoms with van der Waals surface area (Å²) < 4.78 is 0. The standard InChI is InChI=1S/C15H17NO2S/c1-10-8-14(19-11(10)2)15(18)16-13(9-17)12-6-4-3-5-7-12/h3-8,13,17H,9H2,1-2H3,(H,16,18)/t13-/m1/s1. The zero-order valence-electron chi connectivity index (χ0n) is 11.0. The van der Waals surface area contributed by atoms with Crippen molar-refractivity contribution in [1.82, 2.24) is 5.32 Å². The fourth-order valence-electron chi connectivity index (χ4n) is 1.83. The van der Waals surface area contributed by atoms with E-state index in [4.69, 9.17) is 0 Å². The zero-order valence-corrected chi connectivity index (χ0v) is 11.8. The molecule has 1 amide bonds. The predicted molar refractivity (Wildman–Crippen MR) is 77.5 cm³/mol. The number of nitrogens with one attached hydrogen (secondary N) is 1. The van der Waals surface area contributed by atoms with Crippen molar-refractivity contribution in [2.75, 3.05) is 6.61 Å². The van der Waals surface area contributed by atoms with Crippen LogP contribution in [0, 0.1) is 13.8 Å². The number of aliphatic hydroxyl groups excluding tert-OH is 1. The predicted octanol–water partition coefficient (Wildman–Crippen LogP) is 2.83. The van der Waals surface area contributed by atoms with Crippen molar-refractivity contribution in [3.8, 4) is 0 Å². The molecule has 1 aromatic carbocycles. The minimum atomic E-state index is -0.364. The molecule has 0 aliphatic rings. The number of benzene rings is 1. The molecule has 0 spiro atoms. The van der Waals surface area contributed by atoms with Crippen LogP contribution in [0.2, 0.25) is 0 Å². The molecular weight excluding hydrogens is 258 g/mol. The fourth-order valence-corrected chi connectivity index (χ4v) is 2.77. The number of carbonyl (C=O) groups is 1. The summed E-state index contributed by atoms with van der Waals surface area (Å²) in [4.78, 5) is 14.0. The van der Waals surface area contributed by atoms with Crippen molar-refractivity contribution in [2.24, 2.45) is 0 Å². The second-order valence-corrected chi connectivity index (χ2v) is 5.73. The van der Waals surface area contributed by atoms with Crippen LogP contribution in [-0.2, 0) is 0 Å². The van der Waals surface area contributed by atoms with Gasteiger partial charge in [0.15, 0.2) is 0 Å². The molecular formula is C15H17NO2S. The zero-order chi connectivity index (χ0) is 13.8. The summed E-state index contributed by atoms with van der Waals surface area (Å²) in [6.45, 7) is 3.87. The van der Waals surface area contributed by atoms with Gasteiger partial charge in [0.1, 0.15) is 0 Å². The summed E-state index contributed by atoms with van der Waals surface area (Å²) in [5.41, 5.74) is 2.03. The van der Waals surface area contributed by atoms with Crippen molar-refractivity contribution in [3.05, 3.63) is 57.3 Å². The highest BCUT2D eigenvalue weighted by Gasteiger charge is 2.16. The lowest BCUT2D eigenvalue weighted by atomic mass is 10.1. The minimum absolute atomic E-state index is 0.112. The van der Waals surface area contributed by atoms with E-state index in [0.717, 1.165) is 16.0 Å². The number of aliphatic hydroxyl groups is 1. The van der Waals surface area contributed by atoms with E-state index in [1.54, 1.807) is 0 Å². The maximum atomic E-state index is 12.1. The smallest absolute Gasteiger partial charge is 0.261 e. The molecule has 1 atom stereocenters. The highest BCUT2D eigenvalue weighted by atomic mass is 32.1. The topological polar surface area (TPSA) is 49.3 Å². The highest BCUT2D eigenvalue weighted by Crippen LogP contribution is 2.21. The van der Waals surface area contributed by atoms with Gasteiger partial charge in [-0.05, 0) is 31.0 Å². The number of rotatable bonds is 4. The molecule has 1 heterocycles. The molecule has 1 aromatic heterocycles. The lowest BCUT2D eigenvalue weighted by molar-refractivity contribution is 0.0920. The van der Waals surface area contributed by atoms with Crippen LogP contribution >= 0.6 is 11.3 Å². The van der Waals surface area contributed by atoms with Gasteiger partial charge in [-0.3, -0.25) is 4.79 Å². The molecule has 0 saturated heterocycles. The lowest BCUT2D eigenvalue weighted by Crippen LogP contribution is -2.30. The van der Waals surface area contributed by atoms with Crippen LogP contribution in [0.15, 0.2) is 36.4 Å². The van der Waals surface area contributed by atoms with Gasteiger partial charge in [0.05, 0.1) is 17.5 Å². The van der Waals surface area contributed by atoms with Gasteiger partial charge in [0.25, 0.3) is 5.91 Å². The van der Waals surface area contributed by atoms with Crippen molar-refractivity contribution in [3.63, 3.8) is 0 Å². The van der Waals surface area contributed by atoms with Crippen molar-refractivity contribution in [2.45, 2.75) is 19.9 Å². The molecule has 0 aliphatic heterocycles. The van der Waals surface area contributed by atoms with Crippen LogP contribution in [-0.4, -0.2) is 17.6 Å². The summed E-state index contributed by atoms with van der Waals surface area (Å²) >= 11 is 1.48. The number of hydrogen-bond acceptors (Lipinski definition) is 3. The van der Waals surface area contributed by atoms with E-state index in [-0.39, 0.29) is 18.6 Å². The monoisotopic (exact) mass is 275 g/mol. The normalized spacial score (nSPS) is 12.2. The van der Waals surface area contributed by atoms with Gasteiger partial charge in [-0.25, -0.2) is 0 Å². The van der Waals surface area contributed by atoms with Gasteiger partial charge >= 0.3 is 0 Å². The third kappa shape index (κ3) is 3.22. The van der Waals surface area contributed by atoms with Crippen LogP contribution in [0.5, 0.6) is 0 Å². The van der Waals surface area contributed by atoms with E-state index in [9.17, 15) is 9.90 Å². The van der Waals surface area contributed by atoms with Crippen LogP contribution in [0.1, 0.15) is 31.7 Å². The number of thiophene rings is 1. The molecule has 0 saturated carbocycles. The maximum Gasteiger partial charge on any atom is 0.261 e. The third-order valence-electron chi connectivity index (χ3n) is 3.08. The van der Waals surface area contributed by atoms with Gasteiger partial charge in [-0.2, -0.15) is 0 Å². The largest absolute Gasteiger partial charge is 0.394 e. The van der Waals surface area contributed by atoms with E-state index in [2.05, 4.69) is 5.32 Å². The van der Waals surface area contributed by atoms with Crippen LogP contribution < -0.4 is 5.32 Å². The molecule has 0 radical (unpaired) electrons. The Bertz CT molecular complexity index is 543. The Hall–Kier alpha value is -1.65. The summed E-state index contributed by atoms with van der Waals surface area (Å²) in [7, 11) is 0. The Morgan fingerprint density at radius 2 is 2.00 bits per heavy atom. The summed E-state index contributed by atoms with van der Waals surface area (Å²) in [5.74, 6) is -0.135. The molecule has 19 heavy (non-hydrogen) atoms. The fraction of sp³-hybridized carbons (Fsp3) is 0.267. The molecule has 0 fully saturated rings. The summed E-state index contributed by atoms with van der Waals surface area (Å²) in [6.07, 6.45) is 0. The Kier molecular flexibility index (Phi) is 4.35. The molecule has 100 valence electrons. The first-order valence-electron chi connectivity index (χ1n) is 6.15. The number of hydrogen-bond donors (Lipinski definition) is 2. The van der Waals surface area contributed by atoms with E-state index >= 15 is 0 Å². The number of amides is 1. The first-order chi connectivity index (χ1) is 9.11. The lowest BCUT2D eigenvalue weighted by Gasteiger charge is -2.16. The highest BCUT2D eigenvalue weighted by molar-refractivity contribution is 7.14. The van der Waals surface area contributed by atoms with Crippen LogP contribution in [0.3, 0.4) is 0 Å². The first-order valence-corrected chi connectivity index (χ1v) is 6.97. The Balaban J connectivity index is 2.13. The van der Waals surface area contributed by atoms with Crippen LogP contribution in [0.25, 0.3) is 0 Å². The van der Waals surface area contributed by atoms with Gasteiger partial charge in [0.2, 0.25) is 0 Å². The Labute approximate surface area is 116 Å². The molecule has 2 rings (SSSR count). The van der Waals surface area contributed by atoms with E-state index in [0.29, 0.717) is 4.88 Å². The molecule has 0 unspecified atom stereocenters. The van der Waals surface area contributed by atoms with E-state index < -0.39 is 0 Å². The summed E-state index contributed by atoms with van der Waals surface area (Å²) in [5, 5.41) is 12.3. The quantitative estimate of drug-likeness (QED) is 0.901. The first kappa shape index (κ1) is 13.8. The second-order valence-electron chi connectivity index (χ2n) is 4.47. The molecule has 2 aromatic rings. The van der Waals surface area contributed by atoms with Crippen molar-refractivity contribution >= 4 is 17.2 Å². The number of aryl methyl sites for hydroxylation is 2. The Morgan fingerprint density at radius 1 is 1.32 bits per heavy atom. The summed E-state index contributed by atoms with van der Waals surface area (Å²) in [6, 6.07) is 11.0. The minimum Gasteiger partial charge on any atom is -0.394 e. The molecule has 0 aliphatic carbocycles. The number of carbonyl (C=O) groups excluding carboxylic acids is 1. The molecule has 4 heteroatoms. The van der Waals surface area contributed by atoms with Crippen molar-refractivity contribution in [1.29, 1.82) is 0 Å². The van der Waals surface area contributed by atoms with Gasteiger partial charge in [-0.1, -0.05) is 30.3 Å². The third-order valence-corrected chi connectivity index (χ3v) is 4.23. The van der Waals surface area contributed by atoms with Gasteiger partial charge in [-0.15, -0.1) is 11.3 Å². The van der Waals surface area contributed by atoms with E-state index in [1.165, 1.54) is 11.3 Å². The average Bonchev–Trinajstić information content (AvgIpc) is 2.77. The van der Waals surface area contributed by atoms with Crippen LogP contribution in [0.4, 0.5) is 0 Å². The van der Waals surface area contributed by atoms with Gasteiger partial charge < -0.3 is 10.4 Å². The molecule has 3 nitrogen and oxygen atoms in total. The maximum absolute atomic E-state index is 12.1. The van der Waals surface area contributed by atoms with Gasteiger partial charge in [0, 0.05) is 4.88 Å². The van der Waals surface area contributed by atoms with Crippen molar-refractivity contribution < 1.29 is 9.90 Å². The SMILES string of the molecule is Cc1cc(C(=O)N[C@H](CO)c2ccccc2)sc1C.